The number of anilines is 2. The highest BCUT2D eigenvalue weighted by Gasteiger charge is 2.30. The molecule has 0 spiro atoms. The topological polar surface area (TPSA) is 123 Å². The molecule has 2 aromatic carbocycles. The number of rotatable bonds is 9. The minimum absolute atomic E-state index is 0.181. The third kappa shape index (κ3) is 5.70. The standard InChI is InChI=1S/C21H26BrN5O3S/c1-24-9-10-27(31(29)30)19-12-18(23)17(11-16(19)13-3-4-13)20(21(28)25-2)26-15-7-5-14(22)6-8-15/h5-8,11-13,24H,3-4,9-10,23H2,1-2H3,(H,25,28)(H,29,30)/p-1. The van der Waals surface area contributed by atoms with E-state index < -0.39 is 11.3 Å². The van der Waals surface area contributed by atoms with Crippen LogP contribution in [0.3, 0.4) is 0 Å². The summed E-state index contributed by atoms with van der Waals surface area (Å²) < 4.78 is 26.0. The van der Waals surface area contributed by atoms with Crippen LogP contribution in [0, 0.1) is 0 Å². The molecule has 31 heavy (non-hydrogen) atoms. The Morgan fingerprint density at radius 3 is 2.52 bits per heavy atom. The molecule has 10 heteroatoms. The van der Waals surface area contributed by atoms with Gasteiger partial charge in [0.05, 0.1) is 11.4 Å². The number of carbonyl (C=O) groups excluding carboxylic acids is 1. The molecule has 0 heterocycles. The zero-order valence-corrected chi connectivity index (χ0v) is 19.8. The smallest absolute Gasteiger partial charge is 0.270 e. The summed E-state index contributed by atoms with van der Waals surface area (Å²) in [6.07, 6.45) is 1.92. The maximum Gasteiger partial charge on any atom is 0.270 e. The number of halogens is 1. The number of amides is 1. The highest BCUT2D eigenvalue weighted by molar-refractivity contribution is 9.10. The van der Waals surface area contributed by atoms with Crippen LogP contribution in [0.5, 0.6) is 0 Å². The van der Waals surface area contributed by atoms with Crippen LogP contribution < -0.4 is 20.7 Å². The van der Waals surface area contributed by atoms with Crippen molar-refractivity contribution in [2.45, 2.75) is 18.8 Å². The van der Waals surface area contributed by atoms with Gasteiger partial charge in [-0.2, -0.15) is 0 Å². The molecule has 3 rings (SSSR count). The Morgan fingerprint density at radius 1 is 1.29 bits per heavy atom. The van der Waals surface area contributed by atoms with E-state index in [1.165, 1.54) is 11.4 Å². The summed E-state index contributed by atoms with van der Waals surface area (Å²) in [5, 5.41) is 5.58. The predicted molar refractivity (Wildman–Crippen MR) is 127 cm³/mol. The molecule has 4 N–H and O–H groups in total. The molecule has 166 valence electrons. The van der Waals surface area contributed by atoms with Gasteiger partial charge in [-0.1, -0.05) is 15.9 Å². The van der Waals surface area contributed by atoms with E-state index in [1.54, 1.807) is 25.2 Å². The third-order valence-electron chi connectivity index (χ3n) is 4.99. The van der Waals surface area contributed by atoms with Crippen molar-refractivity contribution in [3.63, 3.8) is 0 Å². The first-order valence-electron chi connectivity index (χ1n) is 9.87. The minimum Gasteiger partial charge on any atom is -0.755 e. The van der Waals surface area contributed by atoms with Gasteiger partial charge >= 0.3 is 0 Å². The second-order valence-corrected chi connectivity index (χ2v) is 9.00. The number of hydrogen-bond donors (Lipinski definition) is 3. The molecular weight excluding hydrogens is 482 g/mol. The summed E-state index contributed by atoms with van der Waals surface area (Å²) in [7, 11) is 3.30. The van der Waals surface area contributed by atoms with E-state index in [2.05, 4.69) is 31.6 Å². The first-order chi connectivity index (χ1) is 14.8. The Labute approximate surface area is 192 Å². The van der Waals surface area contributed by atoms with E-state index in [-0.39, 0.29) is 24.1 Å². The van der Waals surface area contributed by atoms with Gasteiger partial charge in [0.15, 0.2) is 0 Å². The maximum absolute atomic E-state index is 12.7. The van der Waals surface area contributed by atoms with Crippen LogP contribution in [0.15, 0.2) is 45.9 Å². The Morgan fingerprint density at radius 2 is 1.97 bits per heavy atom. The Hall–Kier alpha value is -2.27. The molecule has 1 saturated carbocycles. The van der Waals surface area contributed by atoms with Gasteiger partial charge in [-0.05, 0) is 67.8 Å². The van der Waals surface area contributed by atoms with Gasteiger partial charge in [0, 0.05) is 47.1 Å². The van der Waals surface area contributed by atoms with E-state index in [4.69, 9.17) is 5.73 Å². The number of hydrogen-bond acceptors (Lipinski definition) is 6. The summed E-state index contributed by atoms with van der Waals surface area (Å²) in [5.74, 6) is -0.142. The van der Waals surface area contributed by atoms with Gasteiger partial charge in [0.2, 0.25) is 0 Å². The fourth-order valence-corrected chi connectivity index (χ4v) is 4.07. The molecular formula is C21H25BrN5O3S-. The number of nitrogens with two attached hydrogens (primary N) is 1. The molecule has 1 unspecified atom stereocenters. The number of likely N-dealkylation sites (N-methyl/N-ethyl adjacent to an activating group) is 2. The van der Waals surface area contributed by atoms with Crippen molar-refractivity contribution in [1.82, 2.24) is 10.6 Å². The molecule has 1 aliphatic rings. The summed E-state index contributed by atoms with van der Waals surface area (Å²) in [4.78, 5) is 17.2. The summed E-state index contributed by atoms with van der Waals surface area (Å²) in [5.41, 5.74) is 9.31. The van der Waals surface area contributed by atoms with Crippen molar-refractivity contribution < 1.29 is 13.6 Å². The molecule has 0 radical (unpaired) electrons. The second-order valence-electron chi connectivity index (χ2n) is 7.21. The van der Waals surface area contributed by atoms with Gasteiger partial charge in [-0.3, -0.25) is 9.00 Å². The largest absolute Gasteiger partial charge is 0.755 e. The zero-order chi connectivity index (χ0) is 22.5. The number of nitrogen functional groups attached to an aromatic ring is 1. The summed E-state index contributed by atoms with van der Waals surface area (Å²) in [6.45, 7) is 0.772. The fraction of sp³-hybridized carbons (Fsp3) is 0.333. The molecule has 1 aliphatic carbocycles. The third-order valence-corrected chi connectivity index (χ3v) is 6.26. The van der Waals surface area contributed by atoms with Crippen molar-refractivity contribution in [2.24, 2.45) is 4.99 Å². The Balaban J connectivity index is 2.12. The Kier molecular flexibility index (Phi) is 7.82. The molecule has 8 nitrogen and oxygen atoms in total. The SMILES string of the molecule is CNCCN(c1cc(N)c(C(=Nc2ccc(Br)cc2)C(=O)NC)cc1C1CC1)S(=O)[O-]. The van der Waals surface area contributed by atoms with Crippen molar-refractivity contribution in [1.29, 1.82) is 0 Å². The lowest BCUT2D eigenvalue weighted by Gasteiger charge is -2.29. The average Bonchev–Trinajstić information content (AvgIpc) is 3.58. The lowest BCUT2D eigenvalue weighted by Crippen LogP contribution is -2.33. The van der Waals surface area contributed by atoms with Crippen molar-refractivity contribution >= 4 is 55.9 Å². The number of aliphatic imine (C=N–C) groups is 1. The second kappa shape index (κ2) is 10.4. The Bertz CT molecular complexity index is 1010. The van der Waals surface area contributed by atoms with E-state index in [0.717, 1.165) is 22.9 Å². The monoisotopic (exact) mass is 506 g/mol. The van der Waals surface area contributed by atoms with Crippen LogP contribution in [0.2, 0.25) is 0 Å². The van der Waals surface area contributed by atoms with Gasteiger partial charge in [-0.15, -0.1) is 0 Å². The molecule has 2 aromatic rings. The number of carbonyl (C=O) groups is 1. The van der Waals surface area contributed by atoms with E-state index >= 15 is 0 Å². The van der Waals surface area contributed by atoms with Gasteiger partial charge in [0.1, 0.15) is 5.71 Å². The fourth-order valence-electron chi connectivity index (χ4n) is 3.25. The van der Waals surface area contributed by atoms with Gasteiger partial charge < -0.3 is 25.2 Å². The number of benzene rings is 2. The lowest BCUT2D eigenvalue weighted by atomic mass is 9.98. The average molecular weight is 507 g/mol. The highest BCUT2D eigenvalue weighted by atomic mass is 79.9. The zero-order valence-electron chi connectivity index (χ0n) is 17.4. The quantitative estimate of drug-likeness (QED) is 0.274. The van der Waals surface area contributed by atoms with Crippen molar-refractivity contribution in [3.8, 4) is 0 Å². The van der Waals surface area contributed by atoms with Crippen LogP contribution in [-0.2, 0) is 16.1 Å². The first kappa shape index (κ1) is 23.4. The first-order valence-corrected chi connectivity index (χ1v) is 11.7. The van der Waals surface area contributed by atoms with Crippen LogP contribution in [0.1, 0.15) is 29.9 Å². The predicted octanol–water partition coefficient (Wildman–Crippen LogP) is 2.60. The van der Waals surface area contributed by atoms with Crippen LogP contribution in [-0.4, -0.2) is 47.6 Å². The maximum atomic E-state index is 12.7. The van der Waals surface area contributed by atoms with E-state index in [9.17, 15) is 13.6 Å². The molecule has 1 fully saturated rings. The number of nitrogens with zero attached hydrogens (tertiary/aromatic N) is 2. The molecule has 1 amide bonds. The normalized spacial score (nSPS) is 14.9. The summed E-state index contributed by atoms with van der Waals surface area (Å²) >= 11 is 0.936. The van der Waals surface area contributed by atoms with E-state index in [0.29, 0.717) is 29.2 Å². The van der Waals surface area contributed by atoms with Crippen LogP contribution in [0.4, 0.5) is 17.1 Å². The van der Waals surface area contributed by atoms with Gasteiger partial charge in [-0.25, -0.2) is 4.99 Å². The molecule has 0 aliphatic heterocycles. The summed E-state index contributed by atoms with van der Waals surface area (Å²) in [6, 6.07) is 10.7. The minimum atomic E-state index is -2.45. The molecule has 1 atom stereocenters. The van der Waals surface area contributed by atoms with E-state index in [1.807, 2.05) is 18.2 Å². The van der Waals surface area contributed by atoms with Crippen LogP contribution in [0.25, 0.3) is 0 Å². The van der Waals surface area contributed by atoms with Crippen molar-refractivity contribution in [2.75, 3.05) is 37.2 Å². The lowest BCUT2D eigenvalue weighted by molar-refractivity contribution is -0.114. The highest BCUT2D eigenvalue weighted by Crippen LogP contribution is 2.46. The van der Waals surface area contributed by atoms with Gasteiger partial charge in [0.25, 0.3) is 5.91 Å². The number of nitrogens with one attached hydrogen (secondary N) is 2. The van der Waals surface area contributed by atoms with Crippen LogP contribution >= 0.6 is 15.9 Å². The molecule has 0 saturated heterocycles. The molecule has 0 aromatic heterocycles. The molecule has 0 bridgehead atoms. The van der Waals surface area contributed by atoms with Crippen molar-refractivity contribution in [3.05, 3.63) is 52.0 Å².